The van der Waals surface area contributed by atoms with Crippen LogP contribution < -0.4 is 9.47 Å². The van der Waals surface area contributed by atoms with E-state index in [-0.39, 0.29) is 0 Å². The van der Waals surface area contributed by atoms with Crippen LogP contribution in [0, 0.1) is 0 Å². The Balaban J connectivity index is 2.50. The molecule has 0 atom stereocenters. The van der Waals surface area contributed by atoms with Crippen LogP contribution in [-0.2, 0) is 0 Å². The van der Waals surface area contributed by atoms with Gasteiger partial charge in [0.2, 0.25) is 0 Å². The van der Waals surface area contributed by atoms with E-state index in [1.807, 2.05) is 11.9 Å². The number of carbonyl (C=O) groups excluding carboxylic acids is 1. The largest absolute Gasteiger partial charge is 0.493 e. The van der Waals surface area contributed by atoms with Crippen LogP contribution in [0.3, 0.4) is 0 Å². The number of hydrogen-bond donors (Lipinski definition) is 1. The highest BCUT2D eigenvalue weighted by Gasteiger charge is 2.10. The van der Waals surface area contributed by atoms with Gasteiger partial charge in [0.1, 0.15) is 6.29 Å². The van der Waals surface area contributed by atoms with Gasteiger partial charge in [-0.15, -0.1) is 0 Å². The second kappa shape index (κ2) is 7.81. The molecule has 19 heavy (non-hydrogen) atoms. The van der Waals surface area contributed by atoms with Crippen molar-refractivity contribution in [1.82, 2.24) is 4.81 Å². The number of benzene rings is 1. The molecule has 0 heterocycles. The lowest BCUT2D eigenvalue weighted by molar-refractivity contribution is 0.112. The fourth-order valence-corrected chi connectivity index (χ4v) is 1.56. The summed E-state index contributed by atoms with van der Waals surface area (Å²) < 4.78 is 10.8. The Morgan fingerprint density at radius 1 is 1.42 bits per heavy atom. The molecule has 5 nitrogen and oxygen atoms in total. The van der Waals surface area contributed by atoms with E-state index in [0.29, 0.717) is 23.7 Å². The van der Waals surface area contributed by atoms with Crippen LogP contribution in [0.5, 0.6) is 11.5 Å². The lowest BCUT2D eigenvalue weighted by Crippen LogP contribution is -2.34. The highest BCUT2D eigenvalue weighted by atomic mass is 16.5. The average molecular weight is 265 g/mol. The summed E-state index contributed by atoms with van der Waals surface area (Å²) in [4.78, 5) is 12.5. The third kappa shape index (κ3) is 4.92. The van der Waals surface area contributed by atoms with Crippen LogP contribution in [0.4, 0.5) is 0 Å². The quantitative estimate of drug-likeness (QED) is 0.436. The summed E-state index contributed by atoms with van der Waals surface area (Å²) in [6.07, 6.45) is 1.55. The van der Waals surface area contributed by atoms with Crippen LogP contribution >= 0.6 is 0 Å². The van der Waals surface area contributed by atoms with Gasteiger partial charge in [0.25, 0.3) is 0 Å². The van der Waals surface area contributed by atoms with Gasteiger partial charge in [-0.3, -0.25) is 4.79 Å². The van der Waals surface area contributed by atoms with Crippen molar-refractivity contribution in [2.75, 3.05) is 27.3 Å². The zero-order valence-electron chi connectivity index (χ0n) is 11.6. The van der Waals surface area contributed by atoms with Crippen LogP contribution in [0.2, 0.25) is 6.82 Å². The number of ether oxygens (including phenoxy) is 2. The summed E-state index contributed by atoms with van der Waals surface area (Å²) in [5.74, 6) is 1.17. The molecule has 0 spiro atoms. The summed E-state index contributed by atoms with van der Waals surface area (Å²) in [6.45, 7) is 2.94. The number of methoxy groups -OCH3 is 1. The summed E-state index contributed by atoms with van der Waals surface area (Å²) in [7, 11) is 2.94. The molecule has 1 aromatic carbocycles. The van der Waals surface area contributed by atoms with E-state index in [1.54, 1.807) is 32.1 Å². The molecule has 0 aliphatic rings. The van der Waals surface area contributed by atoms with E-state index in [4.69, 9.17) is 9.47 Å². The van der Waals surface area contributed by atoms with Crippen molar-refractivity contribution >= 4 is 13.3 Å². The first kappa shape index (κ1) is 15.5. The molecular formula is C13H20BNO4. The van der Waals surface area contributed by atoms with Gasteiger partial charge in [-0.2, -0.15) is 0 Å². The average Bonchev–Trinajstić information content (AvgIpc) is 2.42. The van der Waals surface area contributed by atoms with E-state index >= 15 is 0 Å². The Kier molecular flexibility index (Phi) is 6.39. The van der Waals surface area contributed by atoms with Gasteiger partial charge in [0.05, 0.1) is 13.7 Å². The molecule has 0 aliphatic carbocycles. The van der Waals surface area contributed by atoms with Crippen LogP contribution in [-0.4, -0.2) is 50.5 Å². The molecule has 0 radical (unpaired) electrons. The van der Waals surface area contributed by atoms with E-state index in [2.05, 4.69) is 0 Å². The van der Waals surface area contributed by atoms with Crippen molar-refractivity contribution in [2.24, 2.45) is 0 Å². The second-order valence-electron chi connectivity index (χ2n) is 4.34. The number of rotatable bonds is 8. The molecule has 1 rings (SSSR count). The molecule has 1 N–H and O–H groups in total. The minimum Gasteiger partial charge on any atom is -0.493 e. The van der Waals surface area contributed by atoms with Crippen molar-refractivity contribution in [3.8, 4) is 11.5 Å². The Labute approximate surface area is 114 Å². The van der Waals surface area contributed by atoms with Gasteiger partial charge < -0.3 is 19.3 Å². The molecule has 0 aromatic heterocycles. The zero-order chi connectivity index (χ0) is 14.3. The van der Waals surface area contributed by atoms with Crippen molar-refractivity contribution < 1.29 is 19.3 Å². The maximum absolute atomic E-state index is 10.7. The molecule has 0 unspecified atom stereocenters. The summed E-state index contributed by atoms with van der Waals surface area (Å²) in [6, 6.07) is 5.05. The Morgan fingerprint density at radius 3 is 2.74 bits per heavy atom. The monoisotopic (exact) mass is 265 g/mol. The maximum Gasteiger partial charge on any atom is 0.376 e. The number of carbonyl (C=O) groups is 1. The van der Waals surface area contributed by atoms with E-state index in [1.165, 1.54) is 0 Å². The highest BCUT2D eigenvalue weighted by molar-refractivity contribution is 6.45. The SMILES string of the molecule is COc1ccc(C=O)cc1OCCCN(C)B(C)O. The predicted octanol–water partition coefficient (Wildman–Crippen LogP) is 1.32. The predicted molar refractivity (Wildman–Crippen MR) is 75.0 cm³/mol. The highest BCUT2D eigenvalue weighted by Crippen LogP contribution is 2.27. The van der Waals surface area contributed by atoms with Crippen molar-refractivity contribution in [1.29, 1.82) is 0 Å². The van der Waals surface area contributed by atoms with E-state index in [0.717, 1.165) is 19.3 Å². The molecule has 0 amide bonds. The molecule has 0 saturated carbocycles. The molecule has 0 aliphatic heterocycles. The fourth-order valence-electron chi connectivity index (χ4n) is 1.56. The summed E-state index contributed by atoms with van der Waals surface area (Å²) >= 11 is 0. The summed E-state index contributed by atoms with van der Waals surface area (Å²) in [5, 5.41) is 9.31. The van der Waals surface area contributed by atoms with Crippen LogP contribution in [0.15, 0.2) is 18.2 Å². The van der Waals surface area contributed by atoms with Crippen LogP contribution in [0.1, 0.15) is 16.8 Å². The molecule has 1 aromatic rings. The van der Waals surface area contributed by atoms with Crippen LogP contribution in [0.25, 0.3) is 0 Å². The zero-order valence-corrected chi connectivity index (χ0v) is 11.6. The maximum atomic E-state index is 10.7. The lowest BCUT2D eigenvalue weighted by Gasteiger charge is -2.17. The number of nitrogens with zero attached hydrogens (tertiary/aromatic N) is 1. The lowest BCUT2D eigenvalue weighted by atomic mass is 9.86. The number of hydrogen-bond acceptors (Lipinski definition) is 5. The summed E-state index contributed by atoms with van der Waals surface area (Å²) in [5.41, 5.74) is 0.553. The molecule has 0 fully saturated rings. The molecular weight excluding hydrogens is 245 g/mol. The van der Waals surface area contributed by atoms with Gasteiger partial charge in [-0.05, 0) is 45.0 Å². The first-order valence-corrected chi connectivity index (χ1v) is 6.22. The second-order valence-corrected chi connectivity index (χ2v) is 4.34. The third-order valence-electron chi connectivity index (χ3n) is 2.87. The fraction of sp³-hybridized carbons (Fsp3) is 0.462. The van der Waals surface area contributed by atoms with Gasteiger partial charge in [-0.1, -0.05) is 0 Å². The van der Waals surface area contributed by atoms with Crippen molar-refractivity contribution in [3.63, 3.8) is 0 Å². The van der Waals surface area contributed by atoms with Gasteiger partial charge in [0, 0.05) is 5.56 Å². The molecule has 6 heteroatoms. The Hall–Kier alpha value is -1.53. The first-order chi connectivity index (χ1) is 9.08. The molecule has 104 valence electrons. The molecule has 0 saturated heterocycles. The number of aldehydes is 1. The van der Waals surface area contributed by atoms with Gasteiger partial charge in [-0.25, -0.2) is 0 Å². The van der Waals surface area contributed by atoms with Crippen molar-refractivity contribution in [3.05, 3.63) is 23.8 Å². The van der Waals surface area contributed by atoms with Crippen molar-refractivity contribution in [2.45, 2.75) is 13.2 Å². The third-order valence-corrected chi connectivity index (χ3v) is 2.87. The standard InChI is InChI=1S/C13H20BNO4/c1-14(17)15(2)7-4-8-19-13-9-11(10-16)5-6-12(13)18-3/h5-6,9-10,17H,4,7-8H2,1-3H3. The Bertz CT molecular complexity index is 412. The van der Waals surface area contributed by atoms with Gasteiger partial charge >= 0.3 is 7.05 Å². The minimum atomic E-state index is -0.465. The van der Waals surface area contributed by atoms with Gasteiger partial charge in [0.15, 0.2) is 11.5 Å². The first-order valence-electron chi connectivity index (χ1n) is 6.22. The van der Waals surface area contributed by atoms with E-state index < -0.39 is 7.05 Å². The smallest absolute Gasteiger partial charge is 0.376 e. The Morgan fingerprint density at radius 2 is 2.16 bits per heavy atom. The topological polar surface area (TPSA) is 59.0 Å². The normalized spacial score (nSPS) is 10.4. The van der Waals surface area contributed by atoms with E-state index in [9.17, 15) is 9.82 Å². The molecule has 0 bridgehead atoms. The minimum absolute atomic E-state index is 0.465.